The molecule has 0 atom stereocenters. The number of hydrogen-bond acceptors (Lipinski definition) is 4. The van der Waals surface area contributed by atoms with Crippen molar-refractivity contribution in [2.75, 3.05) is 24.3 Å². The molecule has 0 aliphatic rings. The van der Waals surface area contributed by atoms with Crippen LogP contribution < -0.4 is 20.1 Å². The minimum Gasteiger partial charge on any atom is -0.493 e. The van der Waals surface area contributed by atoms with Gasteiger partial charge in [0.1, 0.15) is 5.82 Å². The van der Waals surface area contributed by atoms with E-state index in [1.165, 1.54) is 31.4 Å². The molecular weight excluding hydrogens is 361 g/mol. The van der Waals surface area contributed by atoms with E-state index in [2.05, 4.69) is 15.4 Å². The zero-order chi connectivity index (χ0) is 18.4. The second-order valence-corrected chi connectivity index (χ2v) is 5.18. The van der Waals surface area contributed by atoms with Crippen LogP contribution in [0.1, 0.15) is 0 Å². The van der Waals surface area contributed by atoms with Crippen molar-refractivity contribution in [1.82, 2.24) is 0 Å². The Morgan fingerprint density at radius 3 is 2.52 bits per heavy atom. The fourth-order valence-electron chi connectivity index (χ4n) is 1.94. The first-order valence-electron chi connectivity index (χ1n) is 7.00. The van der Waals surface area contributed by atoms with Gasteiger partial charge in [-0.1, -0.05) is 11.6 Å². The van der Waals surface area contributed by atoms with Gasteiger partial charge in [-0.05, 0) is 30.3 Å². The predicted molar refractivity (Wildman–Crippen MR) is 88.2 cm³/mol. The number of amides is 1. The minimum absolute atomic E-state index is 0.116. The summed E-state index contributed by atoms with van der Waals surface area (Å²) in [6, 6.07) is 8.02. The molecule has 0 saturated carbocycles. The van der Waals surface area contributed by atoms with Crippen LogP contribution in [0, 0.1) is 5.82 Å². The number of hydrogen-bond donors (Lipinski definition) is 2. The molecule has 0 saturated heterocycles. The van der Waals surface area contributed by atoms with Crippen molar-refractivity contribution < 1.29 is 27.4 Å². The summed E-state index contributed by atoms with van der Waals surface area (Å²) in [4.78, 5) is 11.9. The summed E-state index contributed by atoms with van der Waals surface area (Å²) in [6.07, 6.45) is 0. The Hall–Kier alpha value is -2.61. The van der Waals surface area contributed by atoms with Crippen LogP contribution in [0.5, 0.6) is 11.5 Å². The third-order valence-electron chi connectivity index (χ3n) is 3.04. The van der Waals surface area contributed by atoms with Crippen molar-refractivity contribution in [3.8, 4) is 11.5 Å². The van der Waals surface area contributed by atoms with Crippen molar-refractivity contribution in [3.05, 3.63) is 47.2 Å². The molecule has 25 heavy (non-hydrogen) atoms. The number of methoxy groups -OCH3 is 1. The smallest absolute Gasteiger partial charge is 0.387 e. The molecule has 0 aliphatic heterocycles. The quantitative estimate of drug-likeness (QED) is 0.764. The van der Waals surface area contributed by atoms with E-state index in [0.717, 1.165) is 6.07 Å². The molecule has 0 fully saturated rings. The SMILES string of the molecule is COc1ccc(NCC(=O)Nc2ccc(F)c(Cl)c2)cc1OC(F)F. The van der Waals surface area contributed by atoms with Crippen molar-refractivity contribution in [1.29, 1.82) is 0 Å². The maximum Gasteiger partial charge on any atom is 0.387 e. The Morgan fingerprint density at radius 2 is 1.88 bits per heavy atom. The van der Waals surface area contributed by atoms with Crippen molar-refractivity contribution >= 4 is 28.9 Å². The molecule has 0 aromatic heterocycles. The van der Waals surface area contributed by atoms with Gasteiger partial charge in [0.25, 0.3) is 0 Å². The van der Waals surface area contributed by atoms with Crippen LogP contribution in [0.2, 0.25) is 5.02 Å². The molecule has 0 aliphatic carbocycles. The number of rotatable bonds is 7. The maximum atomic E-state index is 13.1. The van der Waals surface area contributed by atoms with Crippen LogP contribution in [0.4, 0.5) is 24.5 Å². The van der Waals surface area contributed by atoms with Gasteiger partial charge in [0.05, 0.1) is 18.7 Å². The van der Waals surface area contributed by atoms with Gasteiger partial charge in [0, 0.05) is 17.4 Å². The Bertz CT molecular complexity index is 759. The third kappa shape index (κ3) is 5.46. The highest BCUT2D eigenvalue weighted by atomic mass is 35.5. The van der Waals surface area contributed by atoms with Gasteiger partial charge in [0.15, 0.2) is 11.5 Å². The average Bonchev–Trinajstić information content (AvgIpc) is 2.56. The molecule has 2 rings (SSSR count). The van der Waals surface area contributed by atoms with E-state index in [1.807, 2.05) is 0 Å². The number of benzene rings is 2. The summed E-state index contributed by atoms with van der Waals surface area (Å²) < 4.78 is 47.1. The minimum atomic E-state index is -3.00. The van der Waals surface area contributed by atoms with Crippen molar-refractivity contribution in [3.63, 3.8) is 0 Å². The number of anilines is 2. The Kier molecular flexibility index (Phi) is 6.35. The fourth-order valence-corrected chi connectivity index (χ4v) is 2.12. The van der Waals surface area contributed by atoms with Gasteiger partial charge in [-0.25, -0.2) is 4.39 Å². The molecule has 5 nitrogen and oxygen atoms in total. The first kappa shape index (κ1) is 18.7. The van der Waals surface area contributed by atoms with Crippen LogP contribution in [-0.2, 0) is 4.79 Å². The standard InChI is InChI=1S/C16H14ClF3N2O3/c1-24-13-5-3-9(7-14(13)25-16(19)20)21-8-15(23)22-10-2-4-12(18)11(17)6-10/h2-7,16,21H,8H2,1H3,(H,22,23). The first-order valence-corrected chi connectivity index (χ1v) is 7.38. The molecule has 0 radical (unpaired) electrons. The van der Waals surface area contributed by atoms with E-state index in [1.54, 1.807) is 6.07 Å². The number of ether oxygens (including phenoxy) is 2. The van der Waals surface area contributed by atoms with Crippen LogP contribution in [0.15, 0.2) is 36.4 Å². The molecule has 2 aromatic rings. The van der Waals surface area contributed by atoms with Gasteiger partial charge in [-0.15, -0.1) is 0 Å². The van der Waals surface area contributed by atoms with Crippen molar-refractivity contribution in [2.24, 2.45) is 0 Å². The third-order valence-corrected chi connectivity index (χ3v) is 3.33. The highest BCUT2D eigenvalue weighted by Crippen LogP contribution is 2.31. The Balaban J connectivity index is 1.97. The summed E-state index contributed by atoms with van der Waals surface area (Å²) in [5.74, 6) is -1.05. The number of halogens is 4. The average molecular weight is 375 g/mol. The largest absolute Gasteiger partial charge is 0.493 e. The molecule has 1 amide bonds. The number of carbonyl (C=O) groups is 1. The zero-order valence-electron chi connectivity index (χ0n) is 13.0. The predicted octanol–water partition coefficient (Wildman–Crippen LogP) is 4.14. The van der Waals surface area contributed by atoms with E-state index in [-0.39, 0.29) is 23.1 Å². The van der Waals surface area contributed by atoms with Crippen LogP contribution in [0.3, 0.4) is 0 Å². The molecule has 134 valence electrons. The van der Waals surface area contributed by atoms with E-state index < -0.39 is 18.3 Å². The summed E-state index contributed by atoms with van der Waals surface area (Å²) in [5.41, 5.74) is 0.707. The molecule has 0 unspecified atom stereocenters. The number of nitrogens with one attached hydrogen (secondary N) is 2. The molecule has 0 heterocycles. The number of carbonyl (C=O) groups excluding carboxylic acids is 1. The molecule has 2 aromatic carbocycles. The van der Waals surface area contributed by atoms with Gasteiger partial charge >= 0.3 is 6.61 Å². The molecule has 2 N–H and O–H groups in total. The molecule has 9 heteroatoms. The topological polar surface area (TPSA) is 59.6 Å². The van der Waals surface area contributed by atoms with Crippen LogP contribution in [-0.4, -0.2) is 26.2 Å². The molecular formula is C16H14ClF3N2O3. The van der Waals surface area contributed by atoms with E-state index in [9.17, 15) is 18.0 Å². The van der Waals surface area contributed by atoms with E-state index >= 15 is 0 Å². The van der Waals surface area contributed by atoms with E-state index in [4.69, 9.17) is 16.3 Å². The fraction of sp³-hybridized carbons (Fsp3) is 0.188. The maximum absolute atomic E-state index is 13.1. The van der Waals surface area contributed by atoms with Gasteiger partial charge in [-0.3, -0.25) is 4.79 Å². The highest BCUT2D eigenvalue weighted by Gasteiger charge is 2.12. The van der Waals surface area contributed by atoms with Gasteiger partial charge in [0.2, 0.25) is 5.91 Å². The summed E-state index contributed by atoms with van der Waals surface area (Å²) in [5, 5.41) is 5.16. The summed E-state index contributed by atoms with van der Waals surface area (Å²) in [6.45, 7) is -3.16. The monoisotopic (exact) mass is 374 g/mol. The zero-order valence-corrected chi connectivity index (χ0v) is 13.7. The Morgan fingerprint density at radius 1 is 1.16 bits per heavy atom. The molecule has 0 bridgehead atoms. The van der Waals surface area contributed by atoms with Gasteiger partial charge in [-0.2, -0.15) is 8.78 Å². The second-order valence-electron chi connectivity index (χ2n) is 4.77. The van der Waals surface area contributed by atoms with Gasteiger partial charge < -0.3 is 20.1 Å². The van der Waals surface area contributed by atoms with Crippen LogP contribution >= 0.6 is 11.6 Å². The lowest BCUT2D eigenvalue weighted by molar-refractivity contribution is -0.114. The van der Waals surface area contributed by atoms with Crippen LogP contribution in [0.25, 0.3) is 0 Å². The Labute approximate surface area is 146 Å². The first-order chi connectivity index (χ1) is 11.9. The number of alkyl halides is 2. The second kappa shape index (κ2) is 8.48. The highest BCUT2D eigenvalue weighted by molar-refractivity contribution is 6.31. The summed E-state index contributed by atoms with van der Waals surface area (Å²) in [7, 11) is 1.32. The van der Waals surface area contributed by atoms with Crippen molar-refractivity contribution in [2.45, 2.75) is 6.61 Å². The molecule has 0 spiro atoms. The lowest BCUT2D eigenvalue weighted by Gasteiger charge is -2.13. The lowest BCUT2D eigenvalue weighted by Crippen LogP contribution is -2.21. The normalized spacial score (nSPS) is 10.5. The lowest BCUT2D eigenvalue weighted by atomic mass is 10.2. The van der Waals surface area contributed by atoms with E-state index in [0.29, 0.717) is 11.4 Å². The summed E-state index contributed by atoms with van der Waals surface area (Å²) >= 11 is 5.63.